The fourth-order valence-electron chi connectivity index (χ4n) is 3.86. The van der Waals surface area contributed by atoms with Gasteiger partial charge in [0.15, 0.2) is 0 Å². The van der Waals surface area contributed by atoms with Gasteiger partial charge in [0.05, 0.1) is 5.56 Å². The van der Waals surface area contributed by atoms with Crippen LogP contribution in [0.3, 0.4) is 0 Å². The summed E-state index contributed by atoms with van der Waals surface area (Å²) < 4.78 is 0. The van der Waals surface area contributed by atoms with Gasteiger partial charge in [-0.1, -0.05) is 44.2 Å². The highest BCUT2D eigenvalue weighted by molar-refractivity contribution is 5.87. The number of carboxylic acid groups (broad SMARTS) is 1. The average molecular weight is 287 g/mol. The van der Waals surface area contributed by atoms with Gasteiger partial charge in [-0.25, -0.2) is 4.79 Å². The zero-order valence-corrected chi connectivity index (χ0v) is 12.6. The van der Waals surface area contributed by atoms with Crippen LogP contribution in [0.2, 0.25) is 0 Å². The van der Waals surface area contributed by atoms with Crippen LogP contribution in [0.1, 0.15) is 54.4 Å². The SMILES string of the molecule is O=C(O)c1cccc(CNC[C@@H]2C[C@H]2C2CCCCC2)c1. The molecule has 2 saturated carbocycles. The molecule has 2 aliphatic carbocycles. The van der Waals surface area contributed by atoms with Crippen LogP contribution < -0.4 is 5.32 Å². The van der Waals surface area contributed by atoms with Crippen LogP contribution in [0.15, 0.2) is 24.3 Å². The van der Waals surface area contributed by atoms with E-state index < -0.39 is 5.97 Å². The molecule has 2 aliphatic rings. The topological polar surface area (TPSA) is 49.3 Å². The van der Waals surface area contributed by atoms with Gasteiger partial charge in [0.2, 0.25) is 0 Å². The van der Waals surface area contributed by atoms with Crippen LogP contribution in [0.5, 0.6) is 0 Å². The molecule has 3 nitrogen and oxygen atoms in total. The third kappa shape index (κ3) is 3.85. The molecular formula is C18H25NO2. The van der Waals surface area contributed by atoms with E-state index in [0.29, 0.717) is 5.56 Å². The molecule has 0 amide bonds. The summed E-state index contributed by atoms with van der Waals surface area (Å²) in [6, 6.07) is 7.22. The molecule has 2 atom stereocenters. The second kappa shape index (κ2) is 6.61. The molecule has 0 aliphatic heterocycles. The van der Waals surface area contributed by atoms with Crippen molar-refractivity contribution in [2.75, 3.05) is 6.54 Å². The summed E-state index contributed by atoms with van der Waals surface area (Å²) in [5.41, 5.74) is 1.44. The van der Waals surface area contributed by atoms with E-state index in [1.54, 1.807) is 12.1 Å². The summed E-state index contributed by atoms with van der Waals surface area (Å²) in [4.78, 5) is 10.9. The Morgan fingerprint density at radius 2 is 2.05 bits per heavy atom. The van der Waals surface area contributed by atoms with E-state index in [4.69, 9.17) is 5.11 Å². The number of hydrogen-bond acceptors (Lipinski definition) is 2. The molecule has 21 heavy (non-hydrogen) atoms. The van der Waals surface area contributed by atoms with Gasteiger partial charge in [-0.3, -0.25) is 0 Å². The minimum absolute atomic E-state index is 0.376. The van der Waals surface area contributed by atoms with E-state index in [-0.39, 0.29) is 0 Å². The standard InChI is InChI=1S/C18H25NO2/c20-18(21)15-8-4-5-13(9-15)11-19-12-16-10-17(16)14-6-2-1-3-7-14/h4-5,8-9,14,16-17,19H,1-3,6-7,10-12H2,(H,20,21)/t16-,17-/m0/s1. The molecule has 0 heterocycles. The number of nitrogens with one attached hydrogen (secondary N) is 1. The number of carbonyl (C=O) groups is 1. The minimum Gasteiger partial charge on any atom is -0.478 e. The number of benzene rings is 1. The van der Waals surface area contributed by atoms with Gasteiger partial charge in [0.25, 0.3) is 0 Å². The molecule has 0 saturated heterocycles. The Labute approximate surface area is 126 Å². The van der Waals surface area contributed by atoms with Gasteiger partial charge in [-0.2, -0.15) is 0 Å². The fraction of sp³-hybridized carbons (Fsp3) is 0.611. The van der Waals surface area contributed by atoms with Crippen molar-refractivity contribution in [1.82, 2.24) is 5.32 Å². The minimum atomic E-state index is -0.851. The van der Waals surface area contributed by atoms with Crippen LogP contribution in [-0.4, -0.2) is 17.6 Å². The summed E-state index contributed by atoms with van der Waals surface area (Å²) in [6.07, 6.45) is 8.59. The van der Waals surface area contributed by atoms with E-state index in [1.807, 2.05) is 12.1 Å². The van der Waals surface area contributed by atoms with Crippen molar-refractivity contribution in [2.45, 2.75) is 45.1 Å². The molecule has 0 unspecified atom stereocenters. The molecular weight excluding hydrogens is 262 g/mol. The Bertz CT molecular complexity index is 494. The molecule has 1 aromatic carbocycles. The number of hydrogen-bond donors (Lipinski definition) is 2. The zero-order chi connectivity index (χ0) is 14.7. The molecule has 0 radical (unpaired) electrons. The summed E-state index contributed by atoms with van der Waals surface area (Å²) in [6.45, 7) is 1.85. The van der Waals surface area contributed by atoms with E-state index in [0.717, 1.165) is 36.4 Å². The van der Waals surface area contributed by atoms with Crippen LogP contribution in [0, 0.1) is 17.8 Å². The van der Waals surface area contributed by atoms with Crippen molar-refractivity contribution in [2.24, 2.45) is 17.8 Å². The first-order chi connectivity index (χ1) is 10.2. The van der Waals surface area contributed by atoms with E-state index in [1.165, 1.54) is 38.5 Å². The van der Waals surface area contributed by atoms with Gasteiger partial charge in [-0.15, -0.1) is 0 Å². The molecule has 1 aromatic rings. The normalized spacial score (nSPS) is 25.7. The van der Waals surface area contributed by atoms with Crippen molar-refractivity contribution in [3.05, 3.63) is 35.4 Å². The molecule has 3 heteroatoms. The quantitative estimate of drug-likeness (QED) is 0.839. The molecule has 114 valence electrons. The Morgan fingerprint density at radius 3 is 2.81 bits per heavy atom. The lowest BCUT2D eigenvalue weighted by Crippen LogP contribution is -2.19. The second-order valence-corrected chi connectivity index (χ2v) is 6.69. The highest BCUT2D eigenvalue weighted by Crippen LogP contribution is 2.48. The van der Waals surface area contributed by atoms with Crippen LogP contribution in [-0.2, 0) is 6.54 Å². The maximum Gasteiger partial charge on any atom is 0.335 e. The maximum absolute atomic E-state index is 10.9. The van der Waals surface area contributed by atoms with Crippen LogP contribution >= 0.6 is 0 Å². The van der Waals surface area contributed by atoms with Crippen molar-refractivity contribution in [3.8, 4) is 0 Å². The third-order valence-electron chi connectivity index (χ3n) is 5.14. The monoisotopic (exact) mass is 287 g/mol. The van der Waals surface area contributed by atoms with Gasteiger partial charge in [-0.05, 0) is 48.4 Å². The first kappa shape index (κ1) is 14.6. The first-order valence-electron chi connectivity index (χ1n) is 8.27. The number of aromatic carboxylic acids is 1. The van der Waals surface area contributed by atoms with Crippen LogP contribution in [0.25, 0.3) is 0 Å². The zero-order valence-electron chi connectivity index (χ0n) is 12.6. The lowest BCUT2D eigenvalue weighted by molar-refractivity contribution is 0.0696. The van der Waals surface area contributed by atoms with E-state index in [2.05, 4.69) is 5.32 Å². The first-order valence-corrected chi connectivity index (χ1v) is 8.27. The lowest BCUT2D eigenvalue weighted by Gasteiger charge is -2.21. The van der Waals surface area contributed by atoms with Gasteiger partial charge in [0.1, 0.15) is 0 Å². The second-order valence-electron chi connectivity index (χ2n) is 6.69. The Hall–Kier alpha value is -1.35. The summed E-state index contributed by atoms with van der Waals surface area (Å²) >= 11 is 0. The van der Waals surface area contributed by atoms with Crippen molar-refractivity contribution in [3.63, 3.8) is 0 Å². The predicted molar refractivity (Wildman–Crippen MR) is 83.3 cm³/mol. The fourth-order valence-corrected chi connectivity index (χ4v) is 3.86. The predicted octanol–water partition coefficient (Wildman–Crippen LogP) is 3.69. The average Bonchev–Trinajstić information content (AvgIpc) is 3.28. The van der Waals surface area contributed by atoms with Gasteiger partial charge in [0, 0.05) is 6.54 Å². The highest BCUT2D eigenvalue weighted by Gasteiger charge is 2.42. The number of rotatable bonds is 6. The molecule has 0 bridgehead atoms. The Kier molecular flexibility index (Phi) is 4.59. The number of carboxylic acids is 1. The maximum atomic E-state index is 10.9. The highest BCUT2D eigenvalue weighted by atomic mass is 16.4. The summed E-state index contributed by atoms with van der Waals surface area (Å²) in [7, 11) is 0. The van der Waals surface area contributed by atoms with Gasteiger partial charge < -0.3 is 10.4 Å². The van der Waals surface area contributed by atoms with Crippen molar-refractivity contribution in [1.29, 1.82) is 0 Å². The Morgan fingerprint density at radius 1 is 1.24 bits per heavy atom. The summed E-state index contributed by atoms with van der Waals surface area (Å²) in [5, 5.41) is 12.5. The lowest BCUT2D eigenvalue weighted by atomic mass is 9.85. The van der Waals surface area contributed by atoms with Crippen molar-refractivity contribution < 1.29 is 9.90 Å². The smallest absolute Gasteiger partial charge is 0.335 e. The molecule has 0 aromatic heterocycles. The van der Waals surface area contributed by atoms with Crippen LogP contribution in [0.4, 0.5) is 0 Å². The third-order valence-corrected chi connectivity index (χ3v) is 5.14. The largest absolute Gasteiger partial charge is 0.478 e. The molecule has 2 N–H and O–H groups in total. The van der Waals surface area contributed by atoms with E-state index in [9.17, 15) is 4.79 Å². The van der Waals surface area contributed by atoms with E-state index >= 15 is 0 Å². The Balaban J connectivity index is 1.41. The van der Waals surface area contributed by atoms with Gasteiger partial charge >= 0.3 is 5.97 Å². The molecule has 2 fully saturated rings. The molecule has 0 spiro atoms. The van der Waals surface area contributed by atoms with Crippen molar-refractivity contribution >= 4 is 5.97 Å². The summed E-state index contributed by atoms with van der Waals surface area (Å²) in [5.74, 6) is 1.95. The molecule has 3 rings (SSSR count).